The summed E-state index contributed by atoms with van der Waals surface area (Å²) in [5.41, 5.74) is 0.555. The van der Waals surface area contributed by atoms with Crippen molar-refractivity contribution in [1.82, 2.24) is 9.55 Å². The van der Waals surface area contributed by atoms with Gasteiger partial charge in [-0.25, -0.2) is 4.79 Å². The standard InChI is InChI=1S/C18H17N3O3S/c1-3-21-17(23)14-9-4-11(10-15(14)20-18(21)24)16(22)19-12-5-7-13(25-2)8-6-12/h4-10H,3H2,1-2H3,(H,19,22)(H,20,24). The maximum absolute atomic E-state index is 12.4. The Morgan fingerprint density at radius 2 is 1.88 bits per heavy atom. The second kappa shape index (κ2) is 6.98. The van der Waals surface area contributed by atoms with E-state index in [9.17, 15) is 14.4 Å². The van der Waals surface area contributed by atoms with Crippen LogP contribution in [0.3, 0.4) is 0 Å². The van der Waals surface area contributed by atoms with E-state index in [2.05, 4.69) is 10.3 Å². The Kier molecular flexibility index (Phi) is 4.76. The van der Waals surface area contributed by atoms with E-state index in [0.717, 1.165) is 9.46 Å². The van der Waals surface area contributed by atoms with Gasteiger partial charge in [0.1, 0.15) is 0 Å². The number of nitrogens with one attached hydrogen (secondary N) is 2. The molecule has 128 valence electrons. The minimum Gasteiger partial charge on any atom is -0.322 e. The zero-order valence-electron chi connectivity index (χ0n) is 13.8. The Morgan fingerprint density at radius 3 is 2.52 bits per heavy atom. The monoisotopic (exact) mass is 355 g/mol. The maximum Gasteiger partial charge on any atom is 0.328 e. The van der Waals surface area contributed by atoms with Gasteiger partial charge in [0, 0.05) is 22.7 Å². The lowest BCUT2D eigenvalue weighted by Gasteiger charge is -2.08. The van der Waals surface area contributed by atoms with Gasteiger partial charge in [-0.05, 0) is 55.6 Å². The predicted octanol–water partition coefficient (Wildman–Crippen LogP) is 2.68. The third-order valence-electron chi connectivity index (χ3n) is 3.91. The maximum atomic E-state index is 12.4. The number of hydrogen-bond donors (Lipinski definition) is 2. The minimum atomic E-state index is -0.481. The molecule has 0 aliphatic heterocycles. The zero-order valence-corrected chi connectivity index (χ0v) is 14.6. The summed E-state index contributed by atoms with van der Waals surface area (Å²) in [5, 5.41) is 3.18. The summed E-state index contributed by atoms with van der Waals surface area (Å²) in [6.45, 7) is 2.02. The number of hydrogen-bond acceptors (Lipinski definition) is 4. The second-order valence-corrected chi connectivity index (χ2v) is 6.30. The van der Waals surface area contributed by atoms with Gasteiger partial charge in [0.05, 0.1) is 10.9 Å². The van der Waals surface area contributed by atoms with Crippen molar-refractivity contribution in [3.05, 3.63) is 68.9 Å². The van der Waals surface area contributed by atoms with Gasteiger partial charge in [-0.15, -0.1) is 11.8 Å². The normalized spacial score (nSPS) is 10.8. The summed E-state index contributed by atoms with van der Waals surface area (Å²) in [6, 6.07) is 12.2. The van der Waals surface area contributed by atoms with Crippen molar-refractivity contribution in [1.29, 1.82) is 0 Å². The molecule has 0 radical (unpaired) electrons. The topological polar surface area (TPSA) is 84.0 Å². The van der Waals surface area contributed by atoms with Crippen LogP contribution in [0.15, 0.2) is 56.9 Å². The number of carbonyl (C=O) groups is 1. The largest absolute Gasteiger partial charge is 0.328 e. The molecule has 0 fully saturated rings. The molecule has 0 spiro atoms. The van der Waals surface area contributed by atoms with E-state index in [1.54, 1.807) is 30.8 Å². The Hall–Kier alpha value is -2.80. The fraction of sp³-hybridized carbons (Fsp3) is 0.167. The first kappa shape index (κ1) is 17.0. The molecule has 0 bridgehead atoms. The van der Waals surface area contributed by atoms with Gasteiger partial charge in [0.25, 0.3) is 11.5 Å². The van der Waals surface area contributed by atoms with Crippen LogP contribution in [0.4, 0.5) is 5.69 Å². The highest BCUT2D eigenvalue weighted by molar-refractivity contribution is 7.98. The summed E-state index contributed by atoms with van der Waals surface area (Å²) >= 11 is 1.62. The van der Waals surface area contributed by atoms with Crippen molar-refractivity contribution in [2.45, 2.75) is 18.4 Å². The Labute approximate surface area is 147 Å². The van der Waals surface area contributed by atoms with Crippen LogP contribution in [0, 0.1) is 0 Å². The number of rotatable bonds is 4. The van der Waals surface area contributed by atoms with Gasteiger partial charge in [-0.3, -0.25) is 14.2 Å². The average molecular weight is 355 g/mol. The van der Waals surface area contributed by atoms with Crippen LogP contribution in [0.2, 0.25) is 0 Å². The summed E-state index contributed by atoms with van der Waals surface area (Å²) in [5.74, 6) is -0.306. The molecule has 1 amide bonds. The highest BCUT2D eigenvalue weighted by Gasteiger charge is 2.11. The van der Waals surface area contributed by atoms with Crippen LogP contribution >= 0.6 is 11.8 Å². The highest BCUT2D eigenvalue weighted by Crippen LogP contribution is 2.18. The van der Waals surface area contributed by atoms with Crippen LogP contribution in [0.1, 0.15) is 17.3 Å². The van der Waals surface area contributed by atoms with E-state index in [4.69, 9.17) is 0 Å². The van der Waals surface area contributed by atoms with E-state index < -0.39 is 5.69 Å². The average Bonchev–Trinajstić information content (AvgIpc) is 2.62. The first-order valence-electron chi connectivity index (χ1n) is 7.75. The van der Waals surface area contributed by atoms with Gasteiger partial charge in [0.2, 0.25) is 0 Å². The van der Waals surface area contributed by atoms with Gasteiger partial charge in [0.15, 0.2) is 0 Å². The van der Waals surface area contributed by atoms with E-state index >= 15 is 0 Å². The first-order valence-corrected chi connectivity index (χ1v) is 8.98. The fourth-order valence-electron chi connectivity index (χ4n) is 2.56. The van der Waals surface area contributed by atoms with E-state index in [1.165, 1.54) is 6.07 Å². The number of benzene rings is 2. The number of H-pyrrole nitrogens is 1. The molecule has 3 aromatic rings. The molecule has 0 aliphatic carbocycles. The van der Waals surface area contributed by atoms with E-state index in [1.807, 2.05) is 30.5 Å². The lowest BCUT2D eigenvalue weighted by atomic mass is 10.1. The molecule has 2 aromatic carbocycles. The number of aromatic nitrogens is 2. The number of fused-ring (bicyclic) bond motifs is 1. The summed E-state index contributed by atoms with van der Waals surface area (Å²) in [4.78, 5) is 40.3. The summed E-state index contributed by atoms with van der Waals surface area (Å²) in [7, 11) is 0. The third kappa shape index (κ3) is 3.36. The molecule has 1 aromatic heterocycles. The van der Waals surface area contributed by atoms with Crippen LogP contribution in [0.25, 0.3) is 10.9 Å². The van der Waals surface area contributed by atoms with Gasteiger partial charge >= 0.3 is 5.69 Å². The van der Waals surface area contributed by atoms with Gasteiger partial charge in [-0.1, -0.05) is 0 Å². The molecular weight excluding hydrogens is 338 g/mol. The fourth-order valence-corrected chi connectivity index (χ4v) is 2.97. The summed E-state index contributed by atoms with van der Waals surface area (Å²) in [6.07, 6.45) is 1.98. The number of amides is 1. The number of thioether (sulfide) groups is 1. The van der Waals surface area contributed by atoms with Crippen LogP contribution in [0.5, 0.6) is 0 Å². The number of aromatic amines is 1. The van der Waals surface area contributed by atoms with Crippen molar-refractivity contribution in [3.63, 3.8) is 0 Å². The Balaban J connectivity index is 1.94. The van der Waals surface area contributed by atoms with Gasteiger partial charge < -0.3 is 10.3 Å². The number of nitrogens with zero attached hydrogens (tertiary/aromatic N) is 1. The molecule has 0 saturated heterocycles. The lowest BCUT2D eigenvalue weighted by molar-refractivity contribution is 0.102. The molecular formula is C18H17N3O3S. The number of carbonyl (C=O) groups excluding carboxylic acids is 1. The lowest BCUT2D eigenvalue weighted by Crippen LogP contribution is -2.34. The molecule has 0 saturated carbocycles. The van der Waals surface area contributed by atoms with Crippen molar-refractivity contribution >= 4 is 34.3 Å². The van der Waals surface area contributed by atoms with Crippen molar-refractivity contribution < 1.29 is 4.79 Å². The molecule has 3 rings (SSSR count). The van der Waals surface area contributed by atoms with Gasteiger partial charge in [-0.2, -0.15) is 0 Å². The SMILES string of the molecule is CCn1c(=O)[nH]c2cc(C(=O)Nc3ccc(SC)cc3)ccc2c1=O. The van der Waals surface area contributed by atoms with Crippen LogP contribution in [-0.2, 0) is 6.54 Å². The Morgan fingerprint density at radius 1 is 1.16 bits per heavy atom. The number of anilines is 1. The molecule has 25 heavy (non-hydrogen) atoms. The molecule has 0 unspecified atom stereocenters. The van der Waals surface area contributed by atoms with Crippen molar-refractivity contribution in [3.8, 4) is 0 Å². The third-order valence-corrected chi connectivity index (χ3v) is 4.65. The van der Waals surface area contributed by atoms with Crippen molar-refractivity contribution in [2.75, 3.05) is 11.6 Å². The van der Waals surface area contributed by atoms with E-state index in [0.29, 0.717) is 28.7 Å². The van der Waals surface area contributed by atoms with E-state index in [-0.39, 0.29) is 11.5 Å². The minimum absolute atomic E-state index is 0.290. The molecule has 0 atom stereocenters. The molecule has 0 aliphatic rings. The first-order chi connectivity index (χ1) is 12.0. The predicted molar refractivity (Wildman–Crippen MR) is 101 cm³/mol. The molecule has 6 nitrogen and oxygen atoms in total. The zero-order chi connectivity index (χ0) is 18.0. The van der Waals surface area contributed by atoms with Crippen LogP contribution < -0.4 is 16.6 Å². The Bertz CT molecular complexity index is 1050. The molecule has 7 heteroatoms. The quantitative estimate of drug-likeness (QED) is 0.705. The summed E-state index contributed by atoms with van der Waals surface area (Å²) < 4.78 is 1.12. The smallest absolute Gasteiger partial charge is 0.322 e. The highest BCUT2D eigenvalue weighted by atomic mass is 32.2. The molecule has 2 N–H and O–H groups in total. The van der Waals surface area contributed by atoms with Crippen LogP contribution in [-0.4, -0.2) is 21.7 Å². The van der Waals surface area contributed by atoms with Crippen molar-refractivity contribution in [2.24, 2.45) is 0 Å². The second-order valence-electron chi connectivity index (χ2n) is 5.42. The molecule has 1 heterocycles.